The molecule has 1 amide bonds. The monoisotopic (exact) mass is 214 g/mol. The summed E-state index contributed by atoms with van der Waals surface area (Å²) in [6, 6.07) is -0.897. The fourth-order valence-corrected chi connectivity index (χ4v) is 1.91. The molecule has 1 aliphatic carbocycles. The van der Waals surface area contributed by atoms with Crippen LogP contribution in [0.15, 0.2) is 0 Å². The Morgan fingerprint density at radius 2 is 2.07 bits per heavy atom. The minimum absolute atomic E-state index is 0.110. The van der Waals surface area contributed by atoms with Crippen LogP contribution in [0, 0.1) is 5.92 Å². The minimum atomic E-state index is -0.989. The summed E-state index contributed by atoms with van der Waals surface area (Å²) in [5.41, 5.74) is 5.80. The second-order valence-electron chi connectivity index (χ2n) is 4.16. The number of rotatable bonds is 3. The number of nitrogens with zero attached hydrogens (tertiary/aromatic N) is 1. The van der Waals surface area contributed by atoms with Gasteiger partial charge in [0.2, 0.25) is 5.91 Å². The molecule has 1 fully saturated rings. The van der Waals surface area contributed by atoms with Gasteiger partial charge in [0, 0.05) is 13.1 Å². The standard InChI is InChI=1S/C10H18N2O3/c1-6(10(14)15)12(2)9(13)7-4-3-5-8(7)11/h6-8H,3-5,11H2,1-2H3,(H,14,15). The Kier molecular flexibility index (Phi) is 3.68. The molecule has 0 spiro atoms. The van der Waals surface area contributed by atoms with Crippen molar-refractivity contribution in [1.29, 1.82) is 0 Å². The molecule has 5 nitrogen and oxygen atoms in total. The lowest BCUT2D eigenvalue weighted by Crippen LogP contribution is -2.46. The largest absolute Gasteiger partial charge is 0.480 e. The lowest BCUT2D eigenvalue weighted by molar-refractivity contribution is -0.150. The molecular formula is C10H18N2O3. The van der Waals surface area contributed by atoms with Crippen molar-refractivity contribution < 1.29 is 14.7 Å². The molecule has 3 unspecified atom stereocenters. The number of likely N-dealkylation sites (N-methyl/N-ethyl adjacent to an activating group) is 1. The van der Waals surface area contributed by atoms with Crippen molar-refractivity contribution in [3.05, 3.63) is 0 Å². The first-order valence-electron chi connectivity index (χ1n) is 5.20. The van der Waals surface area contributed by atoms with Crippen molar-refractivity contribution in [2.24, 2.45) is 11.7 Å². The molecule has 0 aromatic carbocycles. The normalized spacial score (nSPS) is 27.4. The van der Waals surface area contributed by atoms with Gasteiger partial charge < -0.3 is 15.7 Å². The highest BCUT2D eigenvalue weighted by atomic mass is 16.4. The highest BCUT2D eigenvalue weighted by Crippen LogP contribution is 2.26. The minimum Gasteiger partial charge on any atom is -0.480 e. The summed E-state index contributed by atoms with van der Waals surface area (Å²) in [6.07, 6.45) is 2.58. The number of carbonyl (C=O) groups excluding carboxylic acids is 1. The van der Waals surface area contributed by atoms with Gasteiger partial charge in [-0.05, 0) is 19.8 Å². The average Bonchev–Trinajstić information content (AvgIpc) is 2.60. The quantitative estimate of drug-likeness (QED) is 0.695. The summed E-state index contributed by atoms with van der Waals surface area (Å²) in [5, 5.41) is 8.78. The Labute approximate surface area is 89.2 Å². The average molecular weight is 214 g/mol. The van der Waals surface area contributed by atoms with Gasteiger partial charge in [-0.3, -0.25) is 4.79 Å². The van der Waals surface area contributed by atoms with Crippen LogP contribution in [0.4, 0.5) is 0 Å². The molecular weight excluding hydrogens is 196 g/mol. The van der Waals surface area contributed by atoms with Crippen molar-refractivity contribution in [2.75, 3.05) is 7.05 Å². The molecule has 86 valence electrons. The van der Waals surface area contributed by atoms with Crippen LogP contribution >= 0.6 is 0 Å². The number of hydrogen-bond acceptors (Lipinski definition) is 3. The lowest BCUT2D eigenvalue weighted by atomic mass is 10.0. The van der Waals surface area contributed by atoms with Gasteiger partial charge in [-0.15, -0.1) is 0 Å². The van der Waals surface area contributed by atoms with Gasteiger partial charge in [0.05, 0.1) is 5.92 Å². The molecule has 0 heterocycles. The molecule has 15 heavy (non-hydrogen) atoms. The first-order chi connectivity index (χ1) is 6.95. The third-order valence-electron chi connectivity index (χ3n) is 3.17. The van der Waals surface area contributed by atoms with Crippen molar-refractivity contribution in [3.8, 4) is 0 Å². The van der Waals surface area contributed by atoms with E-state index in [1.807, 2.05) is 0 Å². The molecule has 3 N–H and O–H groups in total. The molecule has 1 rings (SSSR count). The Hall–Kier alpha value is -1.10. The maximum absolute atomic E-state index is 11.9. The van der Waals surface area contributed by atoms with Gasteiger partial charge in [-0.2, -0.15) is 0 Å². The lowest BCUT2D eigenvalue weighted by Gasteiger charge is -2.26. The molecule has 0 aromatic rings. The highest BCUT2D eigenvalue weighted by Gasteiger charge is 2.34. The van der Waals surface area contributed by atoms with Crippen LogP contribution in [0.1, 0.15) is 26.2 Å². The summed E-state index contributed by atoms with van der Waals surface area (Å²) in [7, 11) is 1.52. The van der Waals surface area contributed by atoms with Gasteiger partial charge in [-0.25, -0.2) is 4.79 Å². The Bertz CT molecular complexity index is 267. The third kappa shape index (κ3) is 2.47. The summed E-state index contributed by atoms with van der Waals surface area (Å²) in [6.45, 7) is 1.50. The van der Waals surface area contributed by atoms with E-state index < -0.39 is 12.0 Å². The maximum atomic E-state index is 11.9. The topological polar surface area (TPSA) is 83.6 Å². The molecule has 1 aliphatic rings. The van der Waals surface area contributed by atoms with E-state index in [4.69, 9.17) is 10.8 Å². The Morgan fingerprint density at radius 1 is 1.47 bits per heavy atom. The van der Waals surface area contributed by atoms with E-state index in [1.165, 1.54) is 18.9 Å². The van der Waals surface area contributed by atoms with Crippen LogP contribution < -0.4 is 5.73 Å². The van der Waals surface area contributed by atoms with Crippen molar-refractivity contribution in [3.63, 3.8) is 0 Å². The van der Waals surface area contributed by atoms with Crippen LogP contribution in [0.5, 0.6) is 0 Å². The number of aliphatic carboxylic acids is 1. The van der Waals surface area contributed by atoms with Gasteiger partial charge in [-0.1, -0.05) is 6.42 Å². The molecule has 0 aromatic heterocycles. The zero-order chi connectivity index (χ0) is 11.6. The predicted molar refractivity (Wildman–Crippen MR) is 55.2 cm³/mol. The summed E-state index contributed by atoms with van der Waals surface area (Å²) < 4.78 is 0. The SMILES string of the molecule is CC(C(=O)O)N(C)C(=O)C1CCCC1N. The molecule has 0 bridgehead atoms. The van der Waals surface area contributed by atoms with Gasteiger partial charge in [0.25, 0.3) is 0 Å². The van der Waals surface area contributed by atoms with Gasteiger partial charge in [0.15, 0.2) is 0 Å². The number of nitrogens with two attached hydrogens (primary N) is 1. The molecule has 0 aliphatic heterocycles. The summed E-state index contributed by atoms with van der Waals surface area (Å²) >= 11 is 0. The summed E-state index contributed by atoms with van der Waals surface area (Å²) in [4.78, 5) is 23.9. The number of carboxylic acid groups (broad SMARTS) is 1. The second kappa shape index (κ2) is 4.61. The van der Waals surface area contributed by atoms with Crippen molar-refractivity contribution in [1.82, 2.24) is 4.90 Å². The van der Waals surface area contributed by atoms with Crippen LogP contribution in [0.2, 0.25) is 0 Å². The fraction of sp³-hybridized carbons (Fsp3) is 0.800. The van der Waals surface area contributed by atoms with E-state index in [1.54, 1.807) is 0 Å². The smallest absolute Gasteiger partial charge is 0.326 e. The highest BCUT2D eigenvalue weighted by molar-refractivity contribution is 5.85. The predicted octanol–water partition coefficient (Wildman–Crippen LogP) is 0.0453. The van der Waals surface area contributed by atoms with E-state index in [9.17, 15) is 9.59 Å². The molecule has 0 saturated heterocycles. The molecule has 5 heteroatoms. The number of carboxylic acids is 1. The first kappa shape index (κ1) is 12.0. The van der Waals surface area contributed by atoms with Crippen LogP contribution in [-0.4, -0.2) is 41.0 Å². The van der Waals surface area contributed by atoms with E-state index in [0.717, 1.165) is 19.3 Å². The van der Waals surface area contributed by atoms with Gasteiger partial charge in [0.1, 0.15) is 6.04 Å². The number of hydrogen-bond donors (Lipinski definition) is 2. The van der Waals surface area contributed by atoms with Crippen LogP contribution in [-0.2, 0) is 9.59 Å². The summed E-state index contributed by atoms with van der Waals surface area (Å²) in [5.74, 6) is -1.33. The van der Waals surface area contributed by atoms with Crippen molar-refractivity contribution in [2.45, 2.75) is 38.3 Å². The first-order valence-corrected chi connectivity index (χ1v) is 5.20. The second-order valence-corrected chi connectivity index (χ2v) is 4.16. The molecule has 3 atom stereocenters. The number of carbonyl (C=O) groups is 2. The van der Waals surface area contributed by atoms with E-state index in [-0.39, 0.29) is 17.9 Å². The van der Waals surface area contributed by atoms with Crippen molar-refractivity contribution >= 4 is 11.9 Å². The zero-order valence-corrected chi connectivity index (χ0v) is 9.14. The van der Waals surface area contributed by atoms with Gasteiger partial charge >= 0.3 is 5.97 Å². The van der Waals surface area contributed by atoms with E-state index >= 15 is 0 Å². The fourth-order valence-electron chi connectivity index (χ4n) is 1.91. The third-order valence-corrected chi connectivity index (χ3v) is 3.17. The molecule has 1 saturated carbocycles. The zero-order valence-electron chi connectivity index (χ0n) is 9.14. The maximum Gasteiger partial charge on any atom is 0.326 e. The van der Waals surface area contributed by atoms with E-state index in [2.05, 4.69) is 0 Å². The van der Waals surface area contributed by atoms with E-state index in [0.29, 0.717) is 0 Å². The Balaban J connectivity index is 2.63. The molecule has 0 radical (unpaired) electrons. The van der Waals surface area contributed by atoms with Crippen LogP contribution in [0.3, 0.4) is 0 Å². The van der Waals surface area contributed by atoms with Crippen LogP contribution in [0.25, 0.3) is 0 Å². The number of amides is 1. The Morgan fingerprint density at radius 3 is 2.47 bits per heavy atom.